The Morgan fingerprint density at radius 2 is 2.05 bits per heavy atom. The van der Waals surface area contributed by atoms with Gasteiger partial charge in [0.25, 0.3) is 5.91 Å². The fourth-order valence-corrected chi connectivity index (χ4v) is 2.69. The summed E-state index contributed by atoms with van der Waals surface area (Å²) in [5, 5.41) is 2.81. The molecule has 3 rings (SSSR count). The van der Waals surface area contributed by atoms with Crippen molar-refractivity contribution in [1.82, 2.24) is 5.32 Å². The van der Waals surface area contributed by atoms with Gasteiger partial charge in [0.15, 0.2) is 5.78 Å². The van der Waals surface area contributed by atoms with Crippen molar-refractivity contribution in [3.8, 4) is 0 Å². The Labute approximate surface area is 124 Å². The zero-order valence-electron chi connectivity index (χ0n) is 12.0. The molecule has 3 nitrogen and oxygen atoms in total. The van der Waals surface area contributed by atoms with Crippen LogP contribution in [-0.4, -0.2) is 18.2 Å². The van der Waals surface area contributed by atoms with Gasteiger partial charge in [0.2, 0.25) is 0 Å². The van der Waals surface area contributed by atoms with Crippen molar-refractivity contribution < 1.29 is 9.59 Å². The molecule has 2 aromatic carbocycles. The van der Waals surface area contributed by atoms with E-state index in [9.17, 15) is 9.59 Å². The van der Waals surface area contributed by atoms with Crippen LogP contribution in [0.3, 0.4) is 0 Å². The number of ketones is 1. The molecule has 0 radical (unpaired) electrons. The van der Waals surface area contributed by atoms with Crippen molar-refractivity contribution in [3.63, 3.8) is 0 Å². The van der Waals surface area contributed by atoms with Crippen LogP contribution in [0.2, 0.25) is 0 Å². The van der Waals surface area contributed by atoms with E-state index in [2.05, 4.69) is 5.32 Å². The van der Waals surface area contributed by atoms with Crippen LogP contribution < -0.4 is 5.32 Å². The number of aryl methyl sites for hydroxylation is 1. The molecule has 21 heavy (non-hydrogen) atoms. The fourth-order valence-electron chi connectivity index (χ4n) is 2.69. The van der Waals surface area contributed by atoms with Gasteiger partial charge in [0.05, 0.1) is 0 Å². The number of hydrogen-bond acceptors (Lipinski definition) is 2. The van der Waals surface area contributed by atoms with E-state index >= 15 is 0 Å². The molecule has 1 aliphatic heterocycles. The average molecular weight is 279 g/mol. The van der Waals surface area contributed by atoms with Crippen molar-refractivity contribution in [2.75, 3.05) is 6.54 Å². The zero-order valence-corrected chi connectivity index (χ0v) is 12.0. The summed E-state index contributed by atoms with van der Waals surface area (Å²) in [7, 11) is 0. The van der Waals surface area contributed by atoms with Crippen LogP contribution in [0, 0.1) is 6.92 Å². The zero-order chi connectivity index (χ0) is 14.8. The second-order valence-electron chi connectivity index (χ2n) is 5.47. The maximum atomic E-state index is 12.4. The van der Waals surface area contributed by atoms with E-state index in [1.54, 1.807) is 6.07 Å². The van der Waals surface area contributed by atoms with Gasteiger partial charge in [-0.3, -0.25) is 9.59 Å². The SMILES string of the molecule is Cc1cccc(CC(=O)c2ccc3c(c2)C(=O)NCC3)c1. The van der Waals surface area contributed by atoms with E-state index in [0.29, 0.717) is 24.1 Å². The maximum absolute atomic E-state index is 12.4. The minimum atomic E-state index is -0.0820. The van der Waals surface area contributed by atoms with E-state index in [-0.39, 0.29) is 11.7 Å². The number of carbonyl (C=O) groups excluding carboxylic acids is 2. The molecule has 106 valence electrons. The first-order valence-electron chi connectivity index (χ1n) is 7.13. The number of benzene rings is 2. The molecule has 0 fully saturated rings. The van der Waals surface area contributed by atoms with Crippen LogP contribution in [0.1, 0.15) is 37.4 Å². The van der Waals surface area contributed by atoms with Crippen molar-refractivity contribution in [2.45, 2.75) is 19.8 Å². The van der Waals surface area contributed by atoms with Crippen molar-refractivity contribution in [3.05, 3.63) is 70.3 Å². The van der Waals surface area contributed by atoms with Crippen LogP contribution in [0.15, 0.2) is 42.5 Å². The van der Waals surface area contributed by atoms with E-state index in [4.69, 9.17) is 0 Å². The summed E-state index contributed by atoms with van der Waals surface area (Å²) in [5.41, 5.74) is 4.40. The Balaban J connectivity index is 1.85. The third-order valence-electron chi connectivity index (χ3n) is 3.80. The highest BCUT2D eigenvalue weighted by molar-refractivity contribution is 6.02. The largest absolute Gasteiger partial charge is 0.352 e. The number of Topliss-reactive ketones (excluding diaryl/α,β-unsaturated/α-hetero) is 1. The fraction of sp³-hybridized carbons (Fsp3) is 0.222. The highest BCUT2D eigenvalue weighted by Gasteiger charge is 2.18. The molecule has 0 aliphatic carbocycles. The molecular formula is C18H17NO2. The van der Waals surface area contributed by atoms with Gasteiger partial charge in [-0.2, -0.15) is 0 Å². The second-order valence-corrected chi connectivity index (χ2v) is 5.47. The molecule has 1 aliphatic rings. The lowest BCUT2D eigenvalue weighted by molar-refractivity contribution is 0.0946. The van der Waals surface area contributed by atoms with Crippen molar-refractivity contribution in [1.29, 1.82) is 0 Å². The molecule has 3 heteroatoms. The topological polar surface area (TPSA) is 46.2 Å². The van der Waals surface area contributed by atoms with E-state index < -0.39 is 0 Å². The molecule has 0 aromatic heterocycles. The summed E-state index contributed by atoms with van der Waals surface area (Å²) < 4.78 is 0. The van der Waals surface area contributed by atoms with E-state index in [1.807, 2.05) is 43.3 Å². The molecule has 2 aromatic rings. The third kappa shape index (κ3) is 2.87. The molecule has 0 spiro atoms. The molecule has 1 heterocycles. The number of amides is 1. The number of rotatable bonds is 3. The standard InChI is InChI=1S/C18H17NO2/c1-12-3-2-4-13(9-12)10-17(20)15-6-5-14-7-8-19-18(21)16(14)11-15/h2-6,9,11H,7-8,10H2,1H3,(H,19,21). The second kappa shape index (κ2) is 5.52. The number of carbonyl (C=O) groups is 2. The van der Waals surface area contributed by atoms with Gasteiger partial charge >= 0.3 is 0 Å². The Bertz CT molecular complexity index is 719. The van der Waals surface area contributed by atoms with E-state index in [0.717, 1.165) is 23.1 Å². The molecule has 0 unspecified atom stereocenters. The third-order valence-corrected chi connectivity index (χ3v) is 3.80. The normalized spacial score (nSPS) is 13.5. The minimum Gasteiger partial charge on any atom is -0.352 e. The van der Waals surface area contributed by atoms with Gasteiger partial charge < -0.3 is 5.32 Å². The highest BCUT2D eigenvalue weighted by atomic mass is 16.1. The average Bonchev–Trinajstić information content (AvgIpc) is 2.47. The molecule has 0 bridgehead atoms. The lowest BCUT2D eigenvalue weighted by Crippen LogP contribution is -2.32. The van der Waals surface area contributed by atoms with Crippen LogP contribution >= 0.6 is 0 Å². The van der Waals surface area contributed by atoms with Crippen LogP contribution in [-0.2, 0) is 12.8 Å². The van der Waals surface area contributed by atoms with Gasteiger partial charge in [0, 0.05) is 24.1 Å². The predicted molar refractivity (Wildman–Crippen MR) is 81.7 cm³/mol. The first-order chi connectivity index (χ1) is 10.1. The summed E-state index contributed by atoms with van der Waals surface area (Å²) in [6.07, 6.45) is 1.19. The smallest absolute Gasteiger partial charge is 0.251 e. The lowest BCUT2D eigenvalue weighted by atomic mass is 9.94. The molecule has 1 N–H and O–H groups in total. The Kier molecular flexibility index (Phi) is 3.57. The number of hydrogen-bond donors (Lipinski definition) is 1. The summed E-state index contributed by atoms with van der Waals surface area (Å²) in [6.45, 7) is 2.68. The lowest BCUT2D eigenvalue weighted by Gasteiger charge is -2.16. The molecular weight excluding hydrogens is 262 g/mol. The summed E-state index contributed by atoms with van der Waals surface area (Å²) in [5.74, 6) is -0.0387. The molecule has 1 amide bonds. The summed E-state index contributed by atoms with van der Waals surface area (Å²) in [4.78, 5) is 24.2. The van der Waals surface area contributed by atoms with Gasteiger partial charge in [-0.1, -0.05) is 42.0 Å². The number of fused-ring (bicyclic) bond motifs is 1. The minimum absolute atomic E-state index is 0.0433. The van der Waals surface area contributed by atoms with Gasteiger partial charge in [-0.05, 0) is 30.5 Å². The quantitative estimate of drug-likeness (QED) is 0.878. The summed E-state index contributed by atoms with van der Waals surface area (Å²) in [6, 6.07) is 13.4. The van der Waals surface area contributed by atoms with Gasteiger partial charge in [-0.15, -0.1) is 0 Å². The highest BCUT2D eigenvalue weighted by Crippen LogP contribution is 2.17. The Hall–Kier alpha value is -2.42. The van der Waals surface area contributed by atoms with Gasteiger partial charge in [-0.25, -0.2) is 0 Å². The molecule has 0 saturated carbocycles. The van der Waals surface area contributed by atoms with Gasteiger partial charge in [0.1, 0.15) is 0 Å². The molecule has 0 atom stereocenters. The maximum Gasteiger partial charge on any atom is 0.251 e. The monoisotopic (exact) mass is 279 g/mol. The van der Waals surface area contributed by atoms with Crippen LogP contribution in [0.4, 0.5) is 0 Å². The number of nitrogens with one attached hydrogen (secondary N) is 1. The first kappa shape index (κ1) is 13.6. The first-order valence-corrected chi connectivity index (χ1v) is 7.13. The van der Waals surface area contributed by atoms with Crippen LogP contribution in [0.5, 0.6) is 0 Å². The Morgan fingerprint density at radius 3 is 2.86 bits per heavy atom. The summed E-state index contributed by atoms with van der Waals surface area (Å²) >= 11 is 0. The van der Waals surface area contributed by atoms with Crippen LogP contribution in [0.25, 0.3) is 0 Å². The molecule has 0 saturated heterocycles. The van der Waals surface area contributed by atoms with Crippen molar-refractivity contribution in [2.24, 2.45) is 0 Å². The predicted octanol–water partition coefficient (Wildman–Crippen LogP) is 2.71. The Morgan fingerprint density at radius 1 is 1.19 bits per heavy atom. The van der Waals surface area contributed by atoms with E-state index in [1.165, 1.54) is 0 Å². The van der Waals surface area contributed by atoms with Crippen molar-refractivity contribution >= 4 is 11.7 Å².